The van der Waals surface area contributed by atoms with Gasteiger partial charge < -0.3 is 0 Å². The van der Waals surface area contributed by atoms with Gasteiger partial charge in [0.15, 0.2) is 0 Å². The minimum Gasteiger partial charge on any atom is -0.145 e. The summed E-state index contributed by atoms with van der Waals surface area (Å²) in [6, 6.07) is 0. The Morgan fingerprint density at radius 3 is 1.23 bits per heavy atom. The smallest absolute Gasteiger partial charge is 0.145 e. The van der Waals surface area contributed by atoms with Gasteiger partial charge >= 0.3 is 0 Å². The SMILES string of the molecule is CCC(C)(C)[Si](Cl)(Cl)C(C)(C)CC. The summed E-state index contributed by atoms with van der Waals surface area (Å²) < 4.78 is 0. The molecule has 0 saturated heterocycles. The molecule has 0 saturated carbocycles. The van der Waals surface area contributed by atoms with Crippen LogP contribution in [-0.2, 0) is 0 Å². The Kier molecular flexibility index (Phi) is 4.37. The predicted molar refractivity (Wildman–Crippen MR) is 66.1 cm³/mol. The molecule has 0 atom stereocenters. The molecule has 0 spiro atoms. The highest BCUT2D eigenvalue weighted by molar-refractivity contribution is 7.47. The lowest BCUT2D eigenvalue weighted by molar-refractivity contribution is 0.556. The van der Waals surface area contributed by atoms with Crippen molar-refractivity contribution in [3.8, 4) is 0 Å². The minimum atomic E-state index is -2.21. The van der Waals surface area contributed by atoms with Crippen LogP contribution >= 0.6 is 22.2 Å². The van der Waals surface area contributed by atoms with Gasteiger partial charge in [-0.25, -0.2) is 0 Å². The van der Waals surface area contributed by atoms with E-state index in [-0.39, 0.29) is 10.1 Å². The first-order chi connectivity index (χ1) is 5.62. The molecule has 0 rings (SSSR count). The van der Waals surface area contributed by atoms with E-state index in [0.29, 0.717) is 0 Å². The third-order valence-corrected chi connectivity index (χ3v) is 13.7. The van der Waals surface area contributed by atoms with Gasteiger partial charge in [-0.1, -0.05) is 54.4 Å². The predicted octanol–water partition coefficient (Wildman–Crippen LogP) is 5.29. The summed E-state index contributed by atoms with van der Waals surface area (Å²) in [5.41, 5.74) is 0. The summed E-state index contributed by atoms with van der Waals surface area (Å²) in [6.45, 7) is 10.9. The van der Waals surface area contributed by atoms with Gasteiger partial charge in [0.2, 0.25) is 0 Å². The summed E-state index contributed by atoms with van der Waals surface area (Å²) in [4.78, 5) is 0. The molecule has 0 bridgehead atoms. The zero-order valence-electron chi connectivity index (χ0n) is 9.67. The van der Waals surface area contributed by atoms with Crippen molar-refractivity contribution < 1.29 is 0 Å². The molecule has 0 unspecified atom stereocenters. The molecule has 0 radical (unpaired) electrons. The third-order valence-electron chi connectivity index (χ3n) is 3.47. The molecular weight excluding hydrogens is 219 g/mol. The van der Waals surface area contributed by atoms with Crippen molar-refractivity contribution in [3.63, 3.8) is 0 Å². The quantitative estimate of drug-likeness (QED) is 0.463. The maximum atomic E-state index is 6.62. The van der Waals surface area contributed by atoms with Gasteiger partial charge in [-0.15, -0.1) is 22.2 Å². The second kappa shape index (κ2) is 4.12. The summed E-state index contributed by atoms with van der Waals surface area (Å²) in [6.07, 6.45) is 2.10. The van der Waals surface area contributed by atoms with Crippen LogP contribution in [0.4, 0.5) is 0 Å². The fourth-order valence-electron chi connectivity index (χ4n) is 1.36. The first-order valence-corrected chi connectivity index (χ1v) is 9.02. The summed E-state index contributed by atoms with van der Waals surface area (Å²) in [5.74, 6) is 0. The molecule has 0 N–H and O–H groups in total. The van der Waals surface area contributed by atoms with Crippen molar-refractivity contribution >= 4 is 28.9 Å². The Morgan fingerprint density at radius 1 is 0.846 bits per heavy atom. The molecule has 0 nitrogen and oxygen atoms in total. The number of halogens is 2. The molecule has 0 aliphatic carbocycles. The van der Waals surface area contributed by atoms with Gasteiger partial charge in [-0.05, 0) is 10.1 Å². The Labute approximate surface area is 93.4 Å². The van der Waals surface area contributed by atoms with E-state index in [0.717, 1.165) is 12.8 Å². The van der Waals surface area contributed by atoms with E-state index in [1.54, 1.807) is 0 Å². The van der Waals surface area contributed by atoms with E-state index in [2.05, 4.69) is 41.5 Å². The Morgan fingerprint density at radius 2 is 1.08 bits per heavy atom. The molecular formula is C10H22Cl2Si. The standard InChI is InChI=1S/C10H22Cl2Si/c1-7-9(3,4)13(11,12)10(5,6)8-2/h7-8H2,1-6H3. The molecule has 0 aliphatic heterocycles. The van der Waals surface area contributed by atoms with Crippen LogP contribution in [-0.4, -0.2) is 6.69 Å². The van der Waals surface area contributed by atoms with E-state index in [1.807, 2.05) is 0 Å². The van der Waals surface area contributed by atoms with Crippen LogP contribution in [0.25, 0.3) is 0 Å². The van der Waals surface area contributed by atoms with E-state index in [9.17, 15) is 0 Å². The molecule has 0 fully saturated rings. The summed E-state index contributed by atoms with van der Waals surface area (Å²) >= 11 is 13.2. The molecule has 13 heavy (non-hydrogen) atoms. The van der Waals surface area contributed by atoms with Crippen LogP contribution in [0.5, 0.6) is 0 Å². The van der Waals surface area contributed by atoms with Gasteiger partial charge in [-0.2, -0.15) is 0 Å². The molecule has 80 valence electrons. The second-order valence-electron chi connectivity index (χ2n) is 5.05. The van der Waals surface area contributed by atoms with Crippen LogP contribution in [0.2, 0.25) is 10.1 Å². The number of rotatable bonds is 4. The van der Waals surface area contributed by atoms with Crippen LogP contribution in [0.1, 0.15) is 54.4 Å². The van der Waals surface area contributed by atoms with Crippen molar-refractivity contribution in [2.45, 2.75) is 64.5 Å². The highest BCUT2D eigenvalue weighted by Crippen LogP contribution is 2.59. The lowest BCUT2D eigenvalue weighted by atomic mass is 10.1. The Hall–Kier alpha value is 0.797. The van der Waals surface area contributed by atoms with Gasteiger partial charge in [0.1, 0.15) is 0 Å². The molecule has 3 heteroatoms. The zero-order valence-corrected chi connectivity index (χ0v) is 12.2. The van der Waals surface area contributed by atoms with Gasteiger partial charge in [0, 0.05) is 0 Å². The minimum absolute atomic E-state index is 0.0929. The first kappa shape index (κ1) is 13.8. The van der Waals surface area contributed by atoms with Crippen molar-refractivity contribution in [2.24, 2.45) is 0 Å². The molecule has 0 aromatic heterocycles. The Balaban J connectivity index is 4.95. The van der Waals surface area contributed by atoms with Crippen LogP contribution in [0, 0.1) is 0 Å². The maximum Gasteiger partial charge on any atom is 0.262 e. The molecule has 0 heterocycles. The zero-order chi connectivity index (χ0) is 10.9. The fraction of sp³-hybridized carbons (Fsp3) is 1.00. The van der Waals surface area contributed by atoms with Crippen molar-refractivity contribution in [1.82, 2.24) is 0 Å². The summed E-state index contributed by atoms with van der Waals surface area (Å²) in [7, 11) is 0. The lowest BCUT2D eigenvalue weighted by Gasteiger charge is -2.44. The van der Waals surface area contributed by atoms with E-state index in [1.165, 1.54) is 0 Å². The third kappa shape index (κ3) is 2.43. The maximum absolute atomic E-state index is 6.62. The van der Waals surface area contributed by atoms with Gasteiger partial charge in [0.05, 0.1) is 0 Å². The normalized spacial score (nSPS) is 14.8. The first-order valence-electron chi connectivity index (χ1n) is 5.00. The molecule has 0 aliphatic rings. The van der Waals surface area contributed by atoms with Crippen molar-refractivity contribution in [3.05, 3.63) is 0 Å². The summed E-state index contributed by atoms with van der Waals surface area (Å²) in [5, 5.41) is 0.186. The van der Waals surface area contributed by atoms with E-state index < -0.39 is 6.69 Å². The average molecular weight is 241 g/mol. The topological polar surface area (TPSA) is 0 Å². The van der Waals surface area contributed by atoms with Crippen LogP contribution < -0.4 is 0 Å². The molecule has 0 aromatic carbocycles. The highest BCUT2D eigenvalue weighted by Gasteiger charge is 2.54. The lowest BCUT2D eigenvalue weighted by Crippen LogP contribution is -2.43. The van der Waals surface area contributed by atoms with E-state index in [4.69, 9.17) is 22.2 Å². The van der Waals surface area contributed by atoms with Gasteiger partial charge in [0.25, 0.3) is 6.69 Å². The van der Waals surface area contributed by atoms with E-state index >= 15 is 0 Å². The van der Waals surface area contributed by atoms with Crippen molar-refractivity contribution in [1.29, 1.82) is 0 Å². The van der Waals surface area contributed by atoms with Gasteiger partial charge in [-0.3, -0.25) is 0 Å². The molecule has 0 amide bonds. The highest BCUT2D eigenvalue weighted by atomic mass is 35.7. The van der Waals surface area contributed by atoms with Crippen LogP contribution in [0.15, 0.2) is 0 Å². The van der Waals surface area contributed by atoms with Crippen LogP contribution in [0.3, 0.4) is 0 Å². The monoisotopic (exact) mass is 240 g/mol. The van der Waals surface area contributed by atoms with Crippen molar-refractivity contribution in [2.75, 3.05) is 0 Å². The average Bonchev–Trinajstić information content (AvgIpc) is 2.03. The number of hydrogen-bond donors (Lipinski definition) is 0. The molecule has 0 aromatic rings. The second-order valence-corrected chi connectivity index (χ2v) is 12.9. The number of hydrogen-bond acceptors (Lipinski definition) is 0. The Bertz CT molecular complexity index is 156. The fourth-order valence-corrected chi connectivity index (χ4v) is 5.68. The largest absolute Gasteiger partial charge is 0.262 e.